The largest absolute Gasteiger partial charge is 0.444 e. The van der Waals surface area contributed by atoms with Crippen LogP contribution in [0, 0.1) is 19.8 Å². The Labute approximate surface area is 168 Å². The fourth-order valence-corrected chi connectivity index (χ4v) is 3.52. The van der Waals surface area contributed by atoms with E-state index < -0.39 is 0 Å². The van der Waals surface area contributed by atoms with Crippen LogP contribution in [0.3, 0.4) is 0 Å². The molecular weight excluding hydrogens is 350 g/mol. The molecule has 2 aromatic rings. The summed E-state index contributed by atoms with van der Waals surface area (Å²) in [5, 5.41) is 3.22. The third-order valence-electron chi connectivity index (χ3n) is 5.48. The van der Waals surface area contributed by atoms with E-state index in [-0.39, 0.29) is 0 Å². The number of rotatable bonds is 6. The van der Waals surface area contributed by atoms with Gasteiger partial charge in [-0.15, -0.1) is 0 Å². The summed E-state index contributed by atoms with van der Waals surface area (Å²) in [4.78, 5) is 11.5. The quantitative estimate of drug-likeness (QED) is 0.581. The molecular formula is C22H33N5O. The van der Waals surface area contributed by atoms with Crippen LogP contribution in [-0.2, 0) is 6.54 Å². The van der Waals surface area contributed by atoms with Gasteiger partial charge in [-0.3, -0.25) is 9.89 Å². The number of aryl methyl sites for hydroxylation is 2. The molecule has 6 heteroatoms. The van der Waals surface area contributed by atoms with Crippen molar-refractivity contribution >= 4 is 11.6 Å². The van der Waals surface area contributed by atoms with Crippen LogP contribution < -0.4 is 11.1 Å². The first kappa shape index (κ1) is 20.4. The van der Waals surface area contributed by atoms with Crippen LogP contribution in [0.4, 0.5) is 5.69 Å². The highest BCUT2D eigenvalue weighted by molar-refractivity contribution is 5.92. The number of likely N-dealkylation sites (tertiary alicyclic amines) is 1. The topological polar surface area (TPSA) is 79.7 Å². The van der Waals surface area contributed by atoms with Crippen LogP contribution in [-0.4, -0.2) is 35.5 Å². The average Bonchev–Trinajstić information content (AvgIpc) is 2.98. The Morgan fingerprint density at radius 2 is 2.07 bits per heavy atom. The van der Waals surface area contributed by atoms with Crippen LogP contribution in [0.25, 0.3) is 0 Å². The van der Waals surface area contributed by atoms with Crippen LogP contribution in [0.2, 0.25) is 0 Å². The number of oxazole rings is 1. The Kier molecular flexibility index (Phi) is 6.73. The van der Waals surface area contributed by atoms with E-state index in [9.17, 15) is 0 Å². The fraction of sp³-hybridized carbons (Fsp3) is 0.545. The van der Waals surface area contributed by atoms with Gasteiger partial charge >= 0.3 is 0 Å². The molecule has 1 aliphatic rings. The highest BCUT2D eigenvalue weighted by Gasteiger charge is 2.20. The lowest BCUT2D eigenvalue weighted by molar-refractivity contribution is 0.166. The van der Waals surface area contributed by atoms with Crippen molar-refractivity contribution in [3.63, 3.8) is 0 Å². The molecule has 1 aromatic carbocycles. The SMILES string of the molecule is Cc1nc(CN2CCC(CN=C(N)Nc3cccc(C(C)C)c3)CC2)oc1C. The van der Waals surface area contributed by atoms with Crippen LogP contribution in [0.15, 0.2) is 33.7 Å². The second-order valence-electron chi connectivity index (χ2n) is 8.10. The van der Waals surface area contributed by atoms with Crippen LogP contribution >= 0.6 is 0 Å². The molecule has 6 nitrogen and oxygen atoms in total. The number of benzene rings is 1. The maximum absolute atomic E-state index is 6.10. The lowest BCUT2D eigenvalue weighted by Gasteiger charge is -2.30. The Bertz CT molecular complexity index is 784. The van der Waals surface area contributed by atoms with Gasteiger partial charge in [-0.2, -0.15) is 0 Å². The minimum Gasteiger partial charge on any atom is -0.444 e. The lowest BCUT2D eigenvalue weighted by Crippen LogP contribution is -2.34. The normalized spacial score (nSPS) is 16.7. The van der Waals surface area contributed by atoms with E-state index in [0.717, 1.165) is 62.1 Å². The minimum absolute atomic E-state index is 0.495. The molecule has 0 aliphatic carbocycles. The second kappa shape index (κ2) is 9.24. The first-order valence-corrected chi connectivity index (χ1v) is 10.2. The number of nitrogens with zero attached hydrogens (tertiary/aromatic N) is 3. The lowest BCUT2D eigenvalue weighted by atomic mass is 9.97. The number of aromatic nitrogens is 1. The predicted octanol–water partition coefficient (Wildman–Crippen LogP) is 4.05. The molecule has 1 aliphatic heterocycles. The molecule has 1 saturated heterocycles. The highest BCUT2D eigenvalue weighted by Crippen LogP contribution is 2.21. The molecule has 0 unspecified atom stereocenters. The van der Waals surface area contributed by atoms with E-state index in [1.807, 2.05) is 19.9 Å². The standard InChI is InChI=1S/C22H33N5O/c1-15(2)19-6-5-7-20(12-19)26-22(23)24-13-18-8-10-27(11-9-18)14-21-25-16(3)17(4)28-21/h5-7,12,15,18H,8-11,13-14H2,1-4H3,(H3,23,24,26). The monoisotopic (exact) mass is 383 g/mol. The molecule has 1 aromatic heterocycles. The Hall–Kier alpha value is -2.34. The van der Waals surface area contributed by atoms with E-state index in [2.05, 4.69) is 52.2 Å². The van der Waals surface area contributed by atoms with Gasteiger partial charge in [0.15, 0.2) is 5.96 Å². The molecule has 0 spiro atoms. The minimum atomic E-state index is 0.495. The average molecular weight is 384 g/mol. The van der Waals surface area contributed by atoms with Crippen molar-refractivity contribution in [2.24, 2.45) is 16.6 Å². The van der Waals surface area contributed by atoms with Gasteiger partial charge < -0.3 is 15.5 Å². The van der Waals surface area contributed by atoms with Crippen molar-refractivity contribution in [3.05, 3.63) is 47.2 Å². The number of nitrogens with two attached hydrogens (primary N) is 1. The van der Waals surface area contributed by atoms with Gasteiger partial charge in [-0.1, -0.05) is 26.0 Å². The molecule has 0 radical (unpaired) electrons. The van der Waals surface area contributed by atoms with Gasteiger partial charge in [0.2, 0.25) is 5.89 Å². The number of nitrogens with one attached hydrogen (secondary N) is 1. The third kappa shape index (κ3) is 5.58. The van der Waals surface area contributed by atoms with E-state index in [4.69, 9.17) is 10.2 Å². The Balaban J connectivity index is 1.44. The smallest absolute Gasteiger partial charge is 0.208 e. The van der Waals surface area contributed by atoms with Gasteiger partial charge in [-0.05, 0) is 69.3 Å². The third-order valence-corrected chi connectivity index (χ3v) is 5.48. The number of guanidine groups is 1. The molecule has 3 N–H and O–H groups in total. The van der Waals surface area contributed by atoms with E-state index in [1.54, 1.807) is 0 Å². The van der Waals surface area contributed by atoms with Gasteiger partial charge in [-0.25, -0.2) is 4.98 Å². The Morgan fingerprint density at radius 3 is 2.71 bits per heavy atom. The highest BCUT2D eigenvalue weighted by atomic mass is 16.4. The molecule has 0 amide bonds. The summed E-state index contributed by atoms with van der Waals surface area (Å²) < 4.78 is 5.70. The van der Waals surface area contributed by atoms with Gasteiger partial charge in [0.1, 0.15) is 5.76 Å². The first-order valence-electron chi connectivity index (χ1n) is 10.2. The summed E-state index contributed by atoms with van der Waals surface area (Å²) in [5.41, 5.74) is 9.38. The van der Waals surface area contributed by atoms with E-state index in [1.165, 1.54) is 5.56 Å². The van der Waals surface area contributed by atoms with E-state index >= 15 is 0 Å². The maximum atomic E-state index is 6.10. The van der Waals surface area contributed by atoms with E-state index in [0.29, 0.717) is 17.8 Å². The molecule has 0 atom stereocenters. The van der Waals surface area contributed by atoms with Crippen LogP contribution in [0.1, 0.15) is 55.5 Å². The number of hydrogen-bond acceptors (Lipinski definition) is 4. The van der Waals surface area contributed by atoms with Gasteiger partial charge in [0, 0.05) is 12.2 Å². The summed E-state index contributed by atoms with van der Waals surface area (Å²) >= 11 is 0. The Morgan fingerprint density at radius 1 is 1.32 bits per heavy atom. The zero-order chi connectivity index (χ0) is 20.1. The number of anilines is 1. The van der Waals surface area contributed by atoms with Crippen molar-refractivity contribution in [2.45, 2.75) is 53.0 Å². The van der Waals surface area contributed by atoms with Crippen molar-refractivity contribution in [2.75, 3.05) is 25.0 Å². The number of piperidine rings is 1. The summed E-state index contributed by atoms with van der Waals surface area (Å²) in [6.07, 6.45) is 2.25. The van der Waals surface area contributed by atoms with Crippen LogP contribution in [0.5, 0.6) is 0 Å². The molecule has 28 heavy (non-hydrogen) atoms. The molecule has 2 heterocycles. The predicted molar refractivity (Wildman–Crippen MR) is 115 cm³/mol. The van der Waals surface area contributed by atoms with Crippen molar-refractivity contribution in [3.8, 4) is 0 Å². The van der Waals surface area contributed by atoms with Crippen molar-refractivity contribution in [1.29, 1.82) is 0 Å². The molecule has 0 bridgehead atoms. The van der Waals surface area contributed by atoms with Crippen molar-refractivity contribution < 1.29 is 4.42 Å². The second-order valence-corrected chi connectivity index (χ2v) is 8.10. The van der Waals surface area contributed by atoms with Crippen molar-refractivity contribution in [1.82, 2.24) is 9.88 Å². The molecule has 1 fully saturated rings. The summed E-state index contributed by atoms with van der Waals surface area (Å²) in [6.45, 7) is 12.0. The van der Waals surface area contributed by atoms with Gasteiger partial charge in [0.25, 0.3) is 0 Å². The number of aliphatic imine (C=N–C) groups is 1. The number of hydrogen-bond donors (Lipinski definition) is 2. The molecule has 152 valence electrons. The van der Waals surface area contributed by atoms with Gasteiger partial charge in [0.05, 0.1) is 12.2 Å². The molecule has 0 saturated carbocycles. The zero-order valence-electron chi connectivity index (χ0n) is 17.5. The first-order chi connectivity index (χ1) is 13.4. The molecule has 3 rings (SSSR count). The fourth-order valence-electron chi connectivity index (χ4n) is 3.52. The summed E-state index contributed by atoms with van der Waals surface area (Å²) in [6, 6.07) is 8.35. The summed E-state index contributed by atoms with van der Waals surface area (Å²) in [7, 11) is 0. The maximum Gasteiger partial charge on any atom is 0.208 e. The summed E-state index contributed by atoms with van der Waals surface area (Å²) in [5.74, 6) is 3.31. The zero-order valence-corrected chi connectivity index (χ0v) is 17.5.